The summed E-state index contributed by atoms with van der Waals surface area (Å²) in [5.74, 6) is -3.93. The molecule has 1 aromatic carbocycles. The van der Waals surface area contributed by atoms with Gasteiger partial charge < -0.3 is 16.2 Å². The number of aliphatic hydroxyl groups is 1. The molecular weight excluding hydrogens is 450 g/mol. The maximum Gasteiger partial charge on any atom is 0.257 e. The van der Waals surface area contributed by atoms with Gasteiger partial charge in [-0.25, -0.2) is 13.8 Å². The number of nitrogens with one attached hydrogen (secondary N) is 1. The van der Waals surface area contributed by atoms with Crippen LogP contribution in [0.1, 0.15) is 43.4 Å². The van der Waals surface area contributed by atoms with E-state index in [4.69, 9.17) is 17.3 Å². The molecule has 2 aromatic rings. The molecule has 9 heteroatoms. The molecule has 1 saturated carbocycles. The molecule has 0 spiro atoms. The quantitative estimate of drug-likeness (QED) is 0.588. The Morgan fingerprint density at radius 2 is 1.94 bits per heavy atom. The van der Waals surface area contributed by atoms with Gasteiger partial charge in [0.25, 0.3) is 5.91 Å². The minimum absolute atomic E-state index is 0.0972. The third kappa shape index (κ3) is 5.45. The van der Waals surface area contributed by atoms with Crippen LogP contribution < -0.4 is 11.1 Å². The third-order valence-corrected chi connectivity index (χ3v) is 6.94. The molecule has 0 radical (unpaired) electrons. The lowest BCUT2D eigenvalue weighted by molar-refractivity contribution is -0.149. The average molecular weight is 479 g/mol. The van der Waals surface area contributed by atoms with Crippen LogP contribution in [0.4, 0.5) is 14.6 Å². The molecule has 2 aliphatic rings. The first-order chi connectivity index (χ1) is 15.7. The van der Waals surface area contributed by atoms with Crippen LogP contribution in [0.25, 0.3) is 0 Å². The number of carbonyl (C=O) groups excluding carboxylic acids is 1. The summed E-state index contributed by atoms with van der Waals surface area (Å²) >= 11 is 6.06. The molecule has 1 amide bonds. The summed E-state index contributed by atoms with van der Waals surface area (Å²) in [6, 6.07) is 11.7. The van der Waals surface area contributed by atoms with Crippen molar-refractivity contribution in [3.05, 3.63) is 58.7 Å². The summed E-state index contributed by atoms with van der Waals surface area (Å²) in [5.41, 5.74) is 4.92. The number of nitrogen functional groups attached to an aromatic ring is 1. The molecule has 1 aliphatic carbocycles. The van der Waals surface area contributed by atoms with Crippen molar-refractivity contribution in [2.75, 3.05) is 18.8 Å². The summed E-state index contributed by atoms with van der Waals surface area (Å²) in [6.07, 6.45) is 0.627. The molecule has 33 heavy (non-hydrogen) atoms. The van der Waals surface area contributed by atoms with Gasteiger partial charge in [0.1, 0.15) is 5.82 Å². The van der Waals surface area contributed by atoms with Gasteiger partial charge in [-0.3, -0.25) is 9.69 Å². The lowest BCUT2D eigenvalue weighted by Crippen LogP contribution is -2.54. The zero-order chi connectivity index (χ0) is 23.6. The SMILES string of the molecule is Nc1cc(Cl)cc(CN2CCC(NC(=O)[C@](O)(c3ccccc3)[C@@H]3CCC(F)(F)C3)CC2)n1. The highest BCUT2D eigenvalue weighted by atomic mass is 35.5. The number of alkyl halides is 2. The van der Waals surface area contributed by atoms with Gasteiger partial charge in [-0.2, -0.15) is 0 Å². The predicted octanol–water partition coefficient (Wildman–Crippen LogP) is 3.72. The smallest absolute Gasteiger partial charge is 0.257 e. The van der Waals surface area contributed by atoms with Crippen molar-refractivity contribution in [3.8, 4) is 0 Å². The molecule has 2 heterocycles. The molecule has 0 bridgehead atoms. The number of nitrogens with zero attached hydrogens (tertiary/aromatic N) is 2. The topological polar surface area (TPSA) is 91.5 Å². The van der Waals surface area contributed by atoms with Crippen LogP contribution in [-0.2, 0) is 16.9 Å². The number of halogens is 3. The van der Waals surface area contributed by atoms with E-state index in [-0.39, 0.29) is 18.9 Å². The van der Waals surface area contributed by atoms with Gasteiger partial charge in [-0.15, -0.1) is 0 Å². The minimum atomic E-state index is -2.86. The minimum Gasteiger partial charge on any atom is -0.384 e. The summed E-state index contributed by atoms with van der Waals surface area (Å²) in [4.78, 5) is 19.8. The van der Waals surface area contributed by atoms with Gasteiger partial charge in [0.05, 0.1) is 5.69 Å². The van der Waals surface area contributed by atoms with E-state index in [9.17, 15) is 18.7 Å². The van der Waals surface area contributed by atoms with Crippen molar-refractivity contribution in [2.24, 2.45) is 5.92 Å². The zero-order valence-electron chi connectivity index (χ0n) is 18.3. The molecule has 1 aliphatic heterocycles. The van der Waals surface area contributed by atoms with E-state index < -0.39 is 29.8 Å². The van der Waals surface area contributed by atoms with Crippen LogP contribution in [0, 0.1) is 5.92 Å². The summed E-state index contributed by atoms with van der Waals surface area (Å²) < 4.78 is 27.9. The number of hydrogen-bond donors (Lipinski definition) is 3. The van der Waals surface area contributed by atoms with Gasteiger partial charge in [0.2, 0.25) is 5.92 Å². The van der Waals surface area contributed by atoms with E-state index >= 15 is 0 Å². The lowest BCUT2D eigenvalue weighted by atomic mass is 9.79. The number of pyridine rings is 1. The molecule has 1 saturated heterocycles. The fraction of sp³-hybridized carbons (Fsp3) is 0.500. The molecule has 178 valence electrons. The third-order valence-electron chi connectivity index (χ3n) is 6.73. The van der Waals surface area contributed by atoms with Crippen molar-refractivity contribution in [3.63, 3.8) is 0 Å². The number of hydrogen-bond acceptors (Lipinski definition) is 5. The van der Waals surface area contributed by atoms with Crippen LogP contribution in [0.5, 0.6) is 0 Å². The Morgan fingerprint density at radius 1 is 1.24 bits per heavy atom. The van der Waals surface area contributed by atoms with E-state index in [1.54, 1.807) is 42.5 Å². The normalized spacial score (nSPS) is 23.2. The Labute approximate surface area is 197 Å². The highest BCUT2D eigenvalue weighted by molar-refractivity contribution is 6.30. The Bertz CT molecular complexity index is 965. The van der Waals surface area contributed by atoms with E-state index in [0.717, 1.165) is 5.69 Å². The standard InChI is InChI=1S/C24H29ClF2N4O2/c25-18-12-20(29-21(28)13-18)15-31-10-7-19(8-11-31)30-22(32)24(33,16-4-2-1-3-5-16)17-6-9-23(26,27)14-17/h1-5,12-13,17,19,33H,6-11,14-15H2,(H2,28,29)(H,30,32)/t17-,24+/m1/s1. The number of amides is 1. The predicted molar refractivity (Wildman–Crippen MR) is 123 cm³/mol. The molecule has 4 rings (SSSR count). The molecule has 0 unspecified atom stereocenters. The van der Waals surface area contributed by atoms with Crippen LogP contribution in [0.2, 0.25) is 5.02 Å². The number of likely N-dealkylation sites (tertiary alicyclic amines) is 1. The Hall–Kier alpha value is -2.29. The van der Waals surface area contributed by atoms with Gasteiger partial charge in [-0.1, -0.05) is 41.9 Å². The van der Waals surface area contributed by atoms with E-state index in [2.05, 4.69) is 15.2 Å². The number of anilines is 1. The van der Waals surface area contributed by atoms with E-state index in [0.29, 0.717) is 48.9 Å². The highest BCUT2D eigenvalue weighted by Gasteiger charge is 2.53. The second kappa shape index (κ2) is 9.52. The van der Waals surface area contributed by atoms with Crippen LogP contribution in [0.3, 0.4) is 0 Å². The number of nitrogens with two attached hydrogens (primary N) is 1. The van der Waals surface area contributed by atoms with Gasteiger partial charge in [-0.05, 0) is 37.0 Å². The van der Waals surface area contributed by atoms with Crippen molar-refractivity contribution < 1.29 is 18.7 Å². The lowest BCUT2D eigenvalue weighted by Gasteiger charge is -2.37. The van der Waals surface area contributed by atoms with Gasteiger partial charge in [0.15, 0.2) is 5.60 Å². The number of benzene rings is 1. The molecule has 6 nitrogen and oxygen atoms in total. The summed E-state index contributed by atoms with van der Waals surface area (Å²) in [6.45, 7) is 2.02. The molecule has 4 N–H and O–H groups in total. The first kappa shape index (κ1) is 23.9. The van der Waals surface area contributed by atoms with Crippen molar-refractivity contribution in [1.82, 2.24) is 15.2 Å². The fourth-order valence-electron chi connectivity index (χ4n) is 4.96. The monoisotopic (exact) mass is 478 g/mol. The van der Waals surface area contributed by atoms with Crippen LogP contribution >= 0.6 is 11.6 Å². The van der Waals surface area contributed by atoms with Crippen LogP contribution in [-0.4, -0.2) is 46.0 Å². The summed E-state index contributed by atoms with van der Waals surface area (Å²) in [7, 11) is 0. The second-order valence-corrected chi connectivity index (χ2v) is 9.59. The average Bonchev–Trinajstić information content (AvgIpc) is 3.14. The van der Waals surface area contributed by atoms with Gasteiger partial charge in [0, 0.05) is 49.5 Å². The Morgan fingerprint density at radius 3 is 2.55 bits per heavy atom. The van der Waals surface area contributed by atoms with Crippen LogP contribution in [0.15, 0.2) is 42.5 Å². The second-order valence-electron chi connectivity index (χ2n) is 9.15. The molecule has 2 atom stereocenters. The van der Waals surface area contributed by atoms with Gasteiger partial charge >= 0.3 is 0 Å². The number of aromatic nitrogens is 1. The molecular formula is C24H29ClF2N4O2. The Balaban J connectivity index is 1.41. The Kier molecular flexibility index (Phi) is 6.88. The summed E-state index contributed by atoms with van der Waals surface area (Å²) in [5, 5.41) is 15.0. The first-order valence-corrected chi connectivity index (χ1v) is 11.6. The number of carbonyl (C=O) groups is 1. The fourth-order valence-corrected chi connectivity index (χ4v) is 5.20. The van der Waals surface area contributed by atoms with Crippen molar-refractivity contribution >= 4 is 23.3 Å². The number of piperidine rings is 1. The maximum atomic E-state index is 14.0. The van der Waals surface area contributed by atoms with E-state index in [1.165, 1.54) is 0 Å². The largest absolute Gasteiger partial charge is 0.384 e. The first-order valence-electron chi connectivity index (χ1n) is 11.3. The van der Waals surface area contributed by atoms with Crippen molar-refractivity contribution in [1.29, 1.82) is 0 Å². The van der Waals surface area contributed by atoms with Crippen molar-refractivity contribution in [2.45, 2.75) is 56.2 Å². The van der Waals surface area contributed by atoms with E-state index in [1.807, 2.05) is 0 Å². The highest BCUT2D eigenvalue weighted by Crippen LogP contribution is 2.47. The number of rotatable bonds is 6. The maximum absolute atomic E-state index is 14.0. The molecule has 2 fully saturated rings. The zero-order valence-corrected chi connectivity index (χ0v) is 19.1. The molecule has 1 aromatic heterocycles.